The third kappa shape index (κ3) is 4.86. The molecule has 2 fully saturated rings. The average Bonchev–Trinajstić information content (AvgIpc) is 3.32. The molecule has 9 nitrogen and oxygen atoms in total. The van der Waals surface area contributed by atoms with Crippen LogP contribution in [0.3, 0.4) is 0 Å². The van der Waals surface area contributed by atoms with Crippen LogP contribution in [0.25, 0.3) is 22.4 Å². The Morgan fingerprint density at radius 1 is 1.17 bits per heavy atom. The van der Waals surface area contributed by atoms with Crippen molar-refractivity contribution in [1.82, 2.24) is 24.9 Å². The first-order chi connectivity index (χ1) is 16.9. The Kier molecular flexibility index (Phi) is 6.42. The number of para-hydroxylation sites is 1. The number of nitrogen functional groups attached to an aromatic ring is 1. The highest BCUT2D eigenvalue weighted by atomic mass is 16.4. The highest BCUT2D eigenvalue weighted by molar-refractivity contribution is 5.78. The second-order valence-corrected chi connectivity index (χ2v) is 10.0. The van der Waals surface area contributed by atoms with E-state index in [2.05, 4.69) is 27.1 Å². The van der Waals surface area contributed by atoms with E-state index in [9.17, 15) is 9.90 Å². The molecule has 3 aromatic rings. The summed E-state index contributed by atoms with van der Waals surface area (Å²) in [6.45, 7) is 5.32. The van der Waals surface area contributed by atoms with E-state index in [0.717, 1.165) is 56.4 Å². The number of aliphatic carboxylic acids is 1. The van der Waals surface area contributed by atoms with Gasteiger partial charge < -0.3 is 20.8 Å². The lowest BCUT2D eigenvalue weighted by atomic mass is 9.74. The Morgan fingerprint density at radius 2 is 1.91 bits per heavy atom. The van der Waals surface area contributed by atoms with Gasteiger partial charge in [0, 0.05) is 29.4 Å². The Morgan fingerprint density at radius 3 is 2.63 bits per heavy atom. The molecule has 35 heavy (non-hydrogen) atoms. The number of phenolic OH excluding ortho intramolecular Hbond substituents is 1. The Bertz CT molecular complexity index is 1200. The van der Waals surface area contributed by atoms with Crippen molar-refractivity contribution in [3.05, 3.63) is 42.7 Å². The van der Waals surface area contributed by atoms with E-state index < -0.39 is 5.97 Å². The third-order valence-corrected chi connectivity index (χ3v) is 7.75. The molecule has 9 heteroatoms. The van der Waals surface area contributed by atoms with E-state index in [4.69, 9.17) is 10.8 Å². The second kappa shape index (κ2) is 9.65. The Balaban J connectivity index is 1.22. The number of anilines is 1. The fourth-order valence-corrected chi connectivity index (χ4v) is 5.44. The number of aromatic nitrogens is 4. The maximum absolute atomic E-state index is 11.0. The van der Waals surface area contributed by atoms with Crippen LogP contribution in [-0.4, -0.2) is 60.7 Å². The number of nitrogens with two attached hydrogens (primary N) is 1. The van der Waals surface area contributed by atoms with Gasteiger partial charge in [-0.15, -0.1) is 10.2 Å². The molecule has 0 spiro atoms. The minimum absolute atomic E-state index is 0.134. The van der Waals surface area contributed by atoms with E-state index in [-0.39, 0.29) is 17.7 Å². The van der Waals surface area contributed by atoms with Crippen molar-refractivity contribution in [3.8, 4) is 28.1 Å². The van der Waals surface area contributed by atoms with Crippen molar-refractivity contribution in [3.63, 3.8) is 0 Å². The molecule has 1 aromatic carbocycles. The Labute approximate surface area is 204 Å². The minimum atomic E-state index is -0.647. The maximum Gasteiger partial charge on any atom is 0.306 e. The fraction of sp³-hybridized carbons (Fsp3) is 0.462. The first kappa shape index (κ1) is 23.3. The number of carboxylic acids is 1. The predicted octanol–water partition coefficient (Wildman–Crippen LogP) is 3.68. The van der Waals surface area contributed by atoms with Crippen LogP contribution in [0.1, 0.15) is 38.6 Å². The third-order valence-electron chi connectivity index (χ3n) is 7.75. The number of aromatic hydroxyl groups is 1. The van der Waals surface area contributed by atoms with E-state index in [1.165, 1.54) is 0 Å². The number of piperidine rings is 1. The number of carboxylic acid groups (broad SMARTS) is 1. The largest absolute Gasteiger partial charge is 0.507 e. The van der Waals surface area contributed by atoms with Crippen molar-refractivity contribution in [2.45, 2.75) is 38.6 Å². The number of rotatable bonds is 7. The van der Waals surface area contributed by atoms with Gasteiger partial charge in [-0.2, -0.15) is 5.10 Å². The van der Waals surface area contributed by atoms with E-state index in [1.807, 2.05) is 29.2 Å². The Hall–Kier alpha value is -3.46. The lowest BCUT2D eigenvalue weighted by molar-refractivity contribution is -0.146. The first-order valence-electron chi connectivity index (χ1n) is 12.3. The molecule has 0 unspecified atom stereocenters. The summed E-state index contributed by atoms with van der Waals surface area (Å²) in [5.74, 6) is 0.743. The van der Waals surface area contributed by atoms with Gasteiger partial charge in [0.1, 0.15) is 5.75 Å². The molecule has 1 aliphatic carbocycles. The van der Waals surface area contributed by atoms with Gasteiger partial charge in [-0.1, -0.05) is 12.1 Å². The number of hydrogen-bond donors (Lipinski definition) is 3. The summed E-state index contributed by atoms with van der Waals surface area (Å²) in [5.41, 5.74) is 8.93. The highest BCUT2D eigenvalue weighted by Crippen LogP contribution is 2.37. The van der Waals surface area contributed by atoms with Crippen LogP contribution in [0.15, 0.2) is 42.7 Å². The molecule has 3 heterocycles. The van der Waals surface area contributed by atoms with E-state index >= 15 is 0 Å². The van der Waals surface area contributed by atoms with Crippen LogP contribution in [-0.2, 0) is 4.79 Å². The van der Waals surface area contributed by atoms with Crippen molar-refractivity contribution in [1.29, 1.82) is 0 Å². The van der Waals surface area contributed by atoms with Gasteiger partial charge in [0.05, 0.1) is 23.9 Å². The zero-order valence-corrected chi connectivity index (χ0v) is 19.9. The summed E-state index contributed by atoms with van der Waals surface area (Å²) in [6, 6.07) is 9.12. The number of nitrogens with zero attached hydrogens (tertiary/aromatic N) is 5. The number of benzene rings is 1. The molecule has 2 aromatic heterocycles. The quantitative estimate of drug-likeness (QED) is 0.471. The SMILES string of the molecule is C[C@@H](C1CCN(C[C@H]2C[C@@H](C(=O)O)C2)CC1)n1cc(-c2cc(-c3ccccc3O)nnc2N)cn1. The van der Waals surface area contributed by atoms with E-state index in [1.54, 1.807) is 18.2 Å². The van der Waals surface area contributed by atoms with Crippen LogP contribution in [0, 0.1) is 17.8 Å². The number of likely N-dealkylation sites (tertiary alicyclic amines) is 1. The number of phenols is 1. The summed E-state index contributed by atoms with van der Waals surface area (Å²) >= 11 is 0. The topological polar surface area (TPSA) is 130 Å². The molecule has 0 amide bonds. The zero-order chi connectivity index (χ0) is 24.5. The van der Waals surface area contributed by atoms with Gasteiger partial charge in [0.15, 0.2) is 5.82 Å². The van der Waals surface area contributed by atoms with E-state index in [0.29, 0.717) is 28.9 Å². The molecule has 1 saturated heterocycles. The second-order valence-electron chi connectivity index (χ2n) is 10.0. The first-order valence-corrected chi connectivity index (χ1v) is 12.3. The lowest BCUT2D eigenvalue weighted by Gasteiger charge is -2.40. The predicted molar refractivity (Wildman–Crippen MR) is 132 cm³/mol. The molecule has 184 valence electrons. The lowest BCUT2D eigenvalue weighted by Crippen LogP contribution is -2.43. The highest BCUT2D eigenvalue weighted by Gasteiger charge is 2.36. The molecule has 0 radical (unpaired) electrons. The number of hydrogen-bond acceptors (Lipinski definition) is 7. The summed E-state index contributed by atoms with van der Waals surface area (Å²) < 4.78 is 2.01. The maximum atomic E-state index is 11.0. The van der Waals surface area contributed by atoms with Crippen LogP contribution >= 0.6 is 0 Å². The molecular formula is C26H32N6O3. The van der Waals surface area contributed by atoms with Gasteiger partial charge in [-0.25, -0.2) is 0 Å². The van der Waals surface area contributed by atoms with Crippen molar-refractivity contribution < 1.29 is 15.0 Å². The van der Waals surface area contributed by atoms with Crippen LogP contribution in [0.4, 0.5) is 5.82 Å². The summed E-state index contributed by atoms with van der Waals surface area (Å²) in [7, 11) is 0. The molecule has 4 N–H and O–H groups in total. The standard InChI is InChI=1S/C26H32N6O3/c1-16(18-6-8-31(9-7-18)14-17-10-19(11-17)26(34)35)32-15-20(13-28-32)22-12-23(29-30-25(22)27)21-4-2-3-5-24(21)33/h2-5,12-13,15-19,33H,6-11,14H2,1H3,(H2,27,30)(H,34,35)/t16-,17-,19+/m0/s1. The minimum Gasteiger partial charge on any atom is -0.507 e. The smallest absolute Gasteiger partial charge is 0.306 e. The van der Waals surface area contributed by atoms with Crippen LogP contribution < -0.4 is 5.73 Å². The molecular weight excluding hydrogens is 444 g/mol. The van der Waals surface area contributed by atoms with Gasteiger partial charge in [-0.05, 0) is 75.7 Å². The number of carbonyl (C=O) groups is 1. The van der Waals surface area contributed by atoms with Gasteiger partial charge in [0.2, 0.25) is 0 Å². The zero-order valence-electron chi connectivity index (χ0n) is 19.9. The van der Waals surface area contributed by atoms with Gasteiger partial charge in [0.25, 0.3) is 0 Å². The average molecular weight is 477 g/mol. The summed E-state index contributed by atoms with van der Waals surface area (Å²) in [4.78, 5) is 13.5. The monoisotopic (exact) mass is 476 g/mol. The van der Waals surface area contributed by atoms with Crippen molar-refractivity contribution >= 4 is 11.8 Å². The molecule has 5 rings (SSSR count). The molecule has 2 aliphatic rings. The van der Waals surface area contributed by atoms with Crippen LogP contribution in [0.2, 0.25) is 0 Å². The van der Waals surface area contributed by atoms with Gasteiger partial charge >= 0.3 is 5.97 Å². The summed E-state index contributed by atoms with van der Waals surface area (Å²) in [6.07, 6.45) is 7.66. The fourth-order valence-electron chi connectivity index (χ4n) is 5.44. The normalized spacial score (nSPS) is 22.0. The van der Waals surface area contributed by atoms with Crippen molar-refractivity contribution in [2.24, 2.45) is 17.8 Å². The molecule has 1 saturated carbocycles. The van der Waals surface area contributed by atoms with Crippen molar-refractivity contribution in [2.75, 3.05) is 25.4 Å². The molecule has 1 aliphatic heterocycles. The summed E-state index contributed by atoms with van der Waals surface area (Å²) in [5, 5.41) is 32.2. The molecule has 1 atom stereocenters. The van der Waals surface area contributed by atoms with Gasteiger partial charge in [-0.3, -0.25) is 9.48 Å². The van der Waals surface area contributed by atoms with Crippen LogP contribution in [0.5, 0.6) is 5.75 Å². The molecule has 0 bridgehead atoms.